The second-order valence-electron chi connectivity index (χ2n) is 10.5. The fraction of sp³-hybridized carbons (Fsp3) is 0.735. The zero-order valence-electron chi connectivity index (χ0n) is 24.9. The van der Waals surface area contributed by atoms with E-state index in [9.17, 15) is 15.0 Å². The molecule has 0 aliphatic rings. The summed E-state index contributed by atoms with van der Waals surface area (Å²) in [6.07, 6.45) is 38.9. The zero-order chi connectivity index (χ0) is 27.9. The van der Waals surface area contributed by atoms with Gasteiger partial charge in [0.2, 0.25) is 5.91 Å². The summed E-state index contributed by atoms with van der Waals surface area (Å²) in [6, 6.07) is -0.643. The minimum absolute atomic E-state index is 0.0935. The molecule has 0 rings (SSSR count). The van der Waals surface area contributed by atoms with Crippen LogP contribution in [0.1, 0.15) is 142 Å². The lowest BCUT2D eigenvalue weighted by atomic mass is 10.1. The summed E-state index contributed by atoms with van der Waals surface area (Å²) in [5.74, 6) is -0.0935. The molecule has 0 spiro atoms. The van der Waals surface area contributed by atoms with Crippen molar-refractivity contribution in [3.05, 3.63) is 48.6 Å². The number of hydrogen-bond acceptors (Lipinski definition) is 3. The van der Waals surface area contributed by atoms with Crippen LogP contribution in [0.4, 0.5) is 0 Å². The smallest absolute Gasteiger partial charge is 0.220 e. The number of rotatable bonds is 27. The molecule has 4 nitrogen and oxygen atoms in total. The second kappa shape index (κ2) is 29.9. The Hall–Kier alpha value is -1.65. The van der Waals surface area contributed by atoms with Crippen molar-refractivity contribution in [2.24, 2.45) is 0 Å². The molecular weight excluding hydrogens is 470 g/mol. The molecular formula is C34H61NO3. The van der Waals surface area contributed by atoms with E-state index < -0.39 is 12.1 Å². The Labute approximate surface area is 235 Å². The average molecular weight is 532 g/mol. The van der Waals surface area contributed by atoms with Gasteiger partial charge in [-0.2, -0.15) is 0 Å². The van der Waals surface area contributed by atoms with Gasteiger partial charge in [0.25, 0.3) is 0 Å². The molecule has 0 radical (unpaired) electrons. The molecule has 1 amide bonds. The SMILES string of the molecule is CCCCC/C=C\C/C=C\CCCCCCCC(=O)NC(CO)C(O)/C=C/CC/C=C/CCCCCCC. The highest BCUT2D eigenvalue weighted by Crippen LogP contribution is 2.09. The van der Waals surface area contributed by atoms with E-state index in [1.54, 1.807) is 6.08 Å². The molecule has 0 aliphatic heterocycles. The fourth-order valence-electron chi connectivity index (χ4n) is 4.28. The first-order chi connectivity index (χ1) is 18.7. The van der Waals surface area contributed by atoms with Crippen molar-refractivity contribution < 1.29 is 15.0 Å². The molecule has 0 saturated heterocycles. The predicted molar refractivity (Wildman–Crippen MR) is 165 cm³/mol. The molecule has 0 saturated carbocycles. The predicted octanol–water partition coefficient (Wildman–Crippen LogP) is 8.89. The summed E-state index contributed by atoms with van der Waals surface area (Å²) < 4.78 is 0. The number of carbonyl (C=O) groups excluding carboxylic acids is 1. The first kappa shape index (κ1) is 36.4. The molecule has 0 aromatic rings. The van der Waals surface area contributed by atoms with Crippen molar-refractivity contribution in [1.29, 1.82) is 0 Å². The fourth-order valence-corrected chi connectivity index (χ4v) is 4.28. The second-order valence-corrected chi connectivity index (χ2v) is 10.5. The molecule has 2 unspecified atom stereocenters. The van der Waals surface area contributed by atoms with E-state index >= 15 is 0 Å². The summed E-state index contributed by atoms with van der Waals surface area (Å²) in [6.45, 7) is 4.21. The topological polar surface area (TPSA) is 69.6 Å². The van der Waals surface area contributed by atoms with Crippen LogP contribution in [0, 0.1) is 0 Å². The summed E-state index contributed by atoms with van der Waals surface area (Å²) >= 11 is 0. The van der Waals surface area contributed by atoms with E-state index in [0.717, 1.165) is 51.4 Å². The Morgan fingerprint density at radius 3 is 1.74 bits per heavy atom. The van der Waals surface area contributed by atoms with Crippen molar-refractivity contribution in [2.45, 2.75) is 154 Å². The highest BCUT2D eigenvalue weighted by molar-refractivity contribution is 5.76. The molecule has 0 aromatic heterocycles. The third kappa shape index (κ3) is 26.0. The van der Waals surface area contributed by atoms with E-state index in [-0.39, 0.29) is 12.5 Å². The van der Waals surface area contributed by atoms with Gasteiger partial charge in [0.05, 0.1) is 18.8 Å². The van der Waals surface area contributed by atoms with E-state index in [0.29, 0.717) is 6.42 Å². The third-order valence-corrected chi connectivity index (χ3v) is 6.78. The van der Waals surface area contributed by atoms with Crippen molar-refractivity contribution in [3.63, 3.8) is 0 Å². The van der Waals surface area contributed by atoms with Gasteiger partial charge in [-0.05, 0) is 64.2 Å². The number of hydrogen-bond donors (Lipinski definition) is 3. The number of aliphatic hydroxyl groups excluding tert-OH is 2. The average Bonchev–Trinajstić information content (AvgIpc) is 2.92. The summed E-state index contributed by atoms with van der Waals surface area (Å²) in [5.41, 5.74) is 0. The molecule has 4 heteroatoms. The maximum Gasteiger partial charge on any atom is 0.220 e. The van der Waals surface area contributed by atoms with E-state index in [1.807, 2.05) is 6.08 Å². The van der Waals surface area contributed by atoms with Crippen LogP contribution < -0.4 is 5.32 Å². The van der Waals surface area contributed by atoms with Gasteiger partial charge in [0.1, 0.15) is 0 Å². The lowest BCUT2D eigenvalue weighted by Crippen LogP contribution is -2.45. The molecule has 0 fully saturated rings. The molecule has 2 atom stereocenters. The molecule has 38 heavy (non-hydrogen) atoms. The van der Waals surface area contributed by atoms with Gasteiger partial charge in [0.15, 0.2) is 0 Å². The Morgan fingerprint density at radius 1 is 0.632 bits per heavy atom. The number of aliphatic hydroxyl groups is 2. The number of allylic oxidation sites excluding steroid dienone is 7. The van der Waals surface area contributed by atoms with E-state index in [1.165, 1.54) is 70.6 Å². The van der Waals surface area contributed by atoms with Gasteiger partial charge >= 0.3 is 0 Å². The first-order valence-corrected chi connectivity index (χ1v) is 15.9. The first-order valence-electron chi connectivity index (χ1n) is 15.9. The summed E-state index contributed by atoms with van der Waals surface area (Å²) in [5, 5.41) is 22.7. The minimum Gasteiger partial charge on any atom is -0.394 e. The number of nitrogens with one attached hydrogen (secondary N) is 1. The van der Waals surface area contributed by atoms with Crippen molar-refractivity contribution >= 4 is 5.91 Å². The number of amides is 1. The Kier molecular flexibility index (Phi) is 28.6. The van der Waals surface area contributed by atoms with Gasteiger partial charge in [-0.15, -0.1) is 0 Å². The van der Waals surface area contributed by atoms with Crippen LogP contribution in [-0.2, 0) is 4.79 Å². The van der Waals surface area contributed by atoms with Gasteiger partial charge < -0.3 is 15.5 Å². The van der Waals surface area contributed by atoms with Crippen LogP contribution in [0.15, 0.2) is 48.6 Å². The summed E-state index contributed by atoms with van der Waals surface area (Å²) in [7, 11) is 0. The molecule has 3 N–H and O–H groups in total. The molecule has 0 aromatic carbocycles. The van der Waals surface area contributed by atoms with Gasteiger partial charge in [0, 0.05) is 6.42 Å². The van der Waals surface area contributed by atoms with Gasteiger partial charge in [-0.25, -0.2) is 0 Å². The third-order valence-electron chi connectivity index (χ3n) is 6.78. The highest BCUT2D eigenvalue weighted by atomic mass is 16.3. The van der Waals surface area contributed by atoms with E-state index in [2.05, 4.69) is 55.6 Å². The molecule has 0 heterocycles. The van der Waals surface area contributed by atoms with Crippen LogP contribution in [0.3, 0.4) is 0 Å². The van der Waals surface area contributed by atoms with Crippen LogP contribution in [0.25, 0.3) is 0 Å². The maximum atomic E-state index is 12.2. The van der Waals surface area contributed by atoms with Crippen molar-refractivity contribution in [3.8, 4) is 0 Å². The normalized spacial score (nSPS) is 13.9. The highest BCUT2D eigenvalue weighted by Gasteiger charge is 2.17. The number of unbranched alkanes of at least 4 members (excludes halogenated alkanes) is 14. The van der Waals surface area contributed by atoms with Gasteiger partial charge in [-0.1, -0.05) is 120 Å². The van der Waals surface area contributed by atoms with Crippen molar-refractivity contribution in [2.75, 3.05) is 6.61 Å². The molecule has 0 bridgehead atoms. The maximum absolute atomic E-state index is 12.2. The lowest BCUT2D eigenvalue weighted by molar-refractivity contribution is -0.123. The van der Waals surface area contributed by atoms with Gasteiger partial charge in [-0.3, -0.25) is 4.79 Å². The van der Waals surface area contributed by atoms with Crippen LogP contribution in [0.2, 0.25) is 0 Å². The van der Waals surface area contributed by atoms with Crippen LogP contribution >= 0.6 is 0 Å². The molecule has 220 valence electrons. The minimum atomic E-state index is -0.865. The largest absolute Gasteiger partial charge is 0.394 e. The lowest BCUT2D eigenvalue weighted by Gasteiger charge is -2.19. The molecule has 0 aliphatic carbocycles. The van der Waals surface area contributed by atoms with Crippen molar-refractivity contribution in [1.82, 2.24) is 5.32 Å². The zero-order valence-corrected chi connectivity index (χ0v) is 24.9. The standard InChI is InChI=1S/C34H61NO3/c1-3-5-7-9-11-13-15-16-17-18-20-22-24-26-28-30-34(38)35-32(31-36)33(37)29-27-25-23-21-19-14-12-10-8-6-4-2/h11,13,16-17,19,21,27,29,32-33,36-37H,3-10,12,14-15,18,20,22-26,28,30-31H2,1-2H3,(H,35,38)/b13-11-,17-16-,21-19+,29-27+. The van der Waals surface area contributed by atoms with Crippen LogP contribution in [0.5, 0.6) is 0 Å². The monoisotopic (exact) mass is 531 g/mol. The Bertz CT molecular complexity index is 623. The van der Waals surface area contributed by atoms with E-state index in [4.69, 9.17) is 0 Å². The Morgan fingerprint density at radius 2 is 1.11 bits per heavy atom. The summed E-state index contributed by atoms with van der Waals surface area (Å²) in [4.78, 5) is 12.2. The number of carbonyl (C=O) groups is 1. The van der Waals surface area contributed by atoms with Crippen LogP contribution in [-0.4, -0.2) is 34.9 Å². The quantitative estimate of drug-likeness (QED) is 0.0732. The Balaban J connectivity index is 3.77.